The largest absolute Gasteiger partial charge is 0.493 e. The van der Waals surface area contributed by atoms with Crippen molar-refractivity contribution in [3.05, 3.63) is 45.0 Å². The summed E-state index contributed by atoms with van der Waals surface area (Å²) in [5.41, 5.74) is 4.25. The molecule has 250 valence electrons. The number of carbonyl (C=O) groups excluding carboxylic acids is 2. The van der Waals surface area contributed by atoms with Crippen LogP contribution in [0.5, 0.6) is 23.0 Å². The van der Waals surface area contributed by atoms with E-state index < -0.39 is 23.8 Å². The summed E-state index contributed by atoms with van der Waals surface area (Å²) in [6, 6.07) is 3.31. The average molecular weight is 661 g/mol. The maximum atomic E-state index is 13.0. The van der Waals surface area contributed by atoms with Crippen molar-refractivity contribution in [1.29, 1.82) is 0 Å². The van der Waals surface area contributed by atoms with Gasteiger partial charge in [0, 0.05) is 50.0 Å². The maximum absolute atomic E-state index is 13.0. The number of nitrogens with zero attached hydrogens (tertiary/aromatic N) is 2. The smallest absolute Gasteiger partial charge is 0.306 e. The van der Waals surface area contributed by atoms with Crippen molar-refractivity contribution >= 4 is 35.4 Å². The van der Waals surface area contributed by atoms with Gasteiger partial charge < -0.3 is 39.0 Å². The highest BCUT2D eigenvalue weighted by Crippen LogP contribution is 2.50. The Hall–Kier alpha value is -4.19. The summed E-state index contributed by atoms with van der Waals surface area (Å²) in [4.78, 5) is 51.3. The van der Waals surface area contributed by atoms with Crippen LogP contribution in [0, 0.1) is 18.8 Å². The summed E-state index contributed by atoms with van der Waals surface area (Å²) in [7, 11) is 3.06. The Labute approximate surface area is 273 Å². The summed E-state index contributed by atoms with van der Waals surface area (Å²) in [6.45, 7) is 8.34. The highest BCUT2D eigenvalue weighted by Gasteiger charge is 2.37. The van der Waals surface area contributed by atoms with Crippen molar-refractivity contribution in [1.82, 2.24) is 9.80 Å². The molecular formula is C33H41ClN2O10. The number of ether oxygens (including phenoxy) is 4. The first-order valence-electron chi connectivity index (χ1n) is 15.2. The SMILES string of the molecule is COc1cc2c(cc1OCCCOc1c(Cl)c3c(c(C)c1OC)CN(C(=O)CC(C)C(=O)O)C3C)CN(C(=O)CC(C)C(=O)O)C2. The molecule has 13 heteroatoms. The van der Waals surface area contributed by atoms with Crippen LogP contribution in [-0.2, 0) is 38.8 Å². The van der Waals surface area contributed by atoms with Crippen LogP contribution in [0.25, 0.3) is 0 Å². The second kappa shape index (κ2) is 14.5. The molecule has 2 aromatic carbocycles. The van der Waals surface area contributed by atoms with E-state index >= 15 is 0 Å². The van der Waals surface area contributed by atoms with Gasteiger partial charge in [-0.2, -0.15) is 0 Å². The second-order valence-electron chi connectivity index (χ2n) is 11.9. The number of methoxy groups -OCH3 is 2. The average Bonchev–Trinajstić information content (AvgIpc) is 3.59. The molecule has 0 saturated heterocycles. The van der Waals surface area contributed by atoms with Crippen LogP contribution in [0.3, 0.4) is 0 Å². The highest BCUT2D eigenvalue weighted by atomic mass is 35.5. The van der Waals surface area contributed by atoms with Crippen molar-refractivity contribution < 1.29 is 48.3 Å². The van der Waals surface area contributed by atoms with Gasteiger partial charge in [-0.05, 0) is 42.7 Å². The van der Waals surface area contributed by atoms with Gasteiger partial charge >= 0.3 is 11.9 Å². The molecule has 2 aromatic rings. The van der Waals surface area contributed by atoms with E-state index in [1.54, 1.807) is 9.80 Å². The molecule has 3 unspecified atom stereocenters. The molecule has 0 bridgehead atoms. The number of benzene rings is 2. The van der Waals surface area contributed by atoms with Crippen LogP contribution < -0.4 is 18.9 Å². The summed E-state index contributed by atoms with van der Waals surface area (Å²) in [6.07, 6.45) is 0.312. The zero-order valence-corrected chi connectivity index (χ0v) is 27.7. The van der Waals surface area contributed by atoms with Gasteiger partial charge in [0.05, 0.1) is 50.3 Å². The quantitative estimate of drug-likeness (QED) is 0.265. The number of fused-ring (bicyclic) bond motifs is 2. The molecule has 4 rings (SSSR count). The zero-order chi connectivity index (χ0) is 33.9. The summed E-state index contributed by atoms with van der Waals surface area (Å²) in [5.74, 6) is -2.17. The van der Waals surface area contributed by atoms with Crippen LogP contribution >= 0.6 is 11.6 Å². The number of amides is 2. The Morgan fingerprint density at radius 3 is 2.00 bits per heavy atom. The van der Waals surface area contributed by atoms with Gasteiger partial charge in [-0.3, -0.25) is 19.2 Å². The number of hydrogen-bond donors (Lipinski definition) is 2. The molecule has 2 aliphatic heterocycles. The van der Waals surface area contributed by atoms with Gasteiger partial charge in [0.25, 0.3) is 0 Å². The van der Waals surface area contributed by atoms with Gasteiger partial charge in [-0.15, -0.1) is 0 Å². The molecule has 0 spiro atoms. The number of carbonyl (C=O) groups is 4. The molecule has 3 atom stereocenters. The van der Waals surface area contributed by atoms with Crippen LogP contribution in [-0.4, -0.2) is 71.2 Å². The first kappa shape index (κ1) is 34.7. The molecule has 0 aliphatic carbocycles. The molecular weight excluding hydrogens is 620 g/mol. The lowest BCUT2D eigenvalue weighted by Gasteiger charge is -2.23. The second-order valence-corrected chi connectivity index (χ2v) is 12.2. The Morgan fingerprint density at radius 1 is 0.870 bits per heavy atom. The minimum absolute atomic E-state index is 0.0658. The van der Waals surface area contributed by atoms with Crippen LogP contribution in [0.4, 0.5) is 0 Å². The molecule has 0 radical (unpaired) electrons. The Balaban J connectivity index is 1.39. The predicted octanol–water partition coefficient (Wildman–Crippen LogP) is 4.98. The fourth-order valence-corrected chi connectivity index (χ4v) is 6.27. The molecule has 46 heavy (non-hydrogen) atoms. The molecule has 12 nitrogen and oxygen atoms in total. The predicted molar refractivity (Wildman–Crippen MR) is 167 cm³/mol. The lowest BCUT2D eigenvalue weighted by atomic mass is 9.99. The fourth-order valence-electron chi connectivity index (χ4n) is 5.86. The van der Waals surface area contributed by atoms with Gasteiger partial charge in [-0.25, -0.2) is 0 Å². The van der Waals surface area contributed by atoms with Crippen LogP contribution in [0.15, 0.2) is 12.1 Å². The third-order valence-corrected chi connectivity index (χ3v) is 9.03. The molecule has 0 saturated carbocycles. The van der Waals surface area contributed by atoms with Crippen molar-refractivity contribution in [2.45, 2.75) is 72.6 Å². The third kappa shape index (κ3) is 7.11. The van der Waals surface area contributed by atoms with Gasteiger partial charge in [0.2, 0.25) is 11.8 Å². The normalized spacial score (nSPS) is 16.4. The number of aliphatic carboxylic acids is 2. The summed E-state index contributed by atoms with van der Waals surface area (Å²) >= 11 is 6.87. The lowest BCUT2D eigenvalue weighted by molar-refractivity contribution is -0.146. The molecule has 2 aliphatic rings. The molecule has 0 aromatic heterocycles. The first-order chi connectivity index (χ1) is 21.8. The van der Waals surface area contributed by atoms with Crippen molar-refractivity contribution in [3.8, 4) is 23.0 Å². The fraction of sp³-hybridized carbons (Fsp3) is 0.515. The van der Waals surface area contributed by atoms with E-state index in [0.29, 0.717) is 54.1 Å². The molecule has 2 amide bonds. The minimum atomic E-state index is -1.02. The minimum Gasteiger partial charge on any atom is -0.493 e. The van der Waals surface area contributed by atoms with E-state index in [0.717, 1.165) is 27.8 Å². The number of carboxylic acid groups (broad SMARTS) is 2. The van der Waals surface area contributed by atoms with Crippen molar-refractivity contribution in [2.24, 2.45) is 11.8 Å². The van der Waals surface area contributed by atoms with Crippen LogP contribution in [0.2, 0.25) is 5.02 Å². The van der Waals surface area contributed by atoms with Crippen molar-refractivity contribution in [3.63, 3.8) is 0 Å². The lowest BCUT2D eigenvalue weighted by Crippen LogP contribution is -2.30. The van der Waals surface area contributed by atoms with E-state index in [2.05, 4.69) is 0 Å². The van der Waals surface area contributed by atoms with E-state index in [9.17, 15) is 24.3 Å². The third-order valence-electron chi connectivity index (χ3n) is 8.66. The molecule has 2 heterocycles. The van der Waals surface area contributed by atoms with E-state index in [1.807, 2.05) is 26.0 Å². The Kier molecular flexibility index (Phi) is 10.9. The number of rotatable bonds is 14. The summed E-state index contributed by atoms with van der Waals surface area (Å²) < 4.78 is 23.4. The van der Waals surface area contributed by atoms with E-state index in [4.69, 9.17) is 35.7 Å². The number of halogens is 1. The van der Waals surface area contributed by atoms with Crippen LogP contribution in [0.1, 0.15) is 73.9 Å². The topological polar surface area (TPSA) is 152 Å². The molecule has 2 N–H and O–H groups in total. The van der Waals surface area contributed by atoms with Crippen molar-refractivity contribution in [2.75, 3.05) is 27.4 Å². The maximum Gasteiger partial charge on any atom is 0.306 e. The van der Waals surface area contributed by atoms with E-state index in [1.165, 1.54) is 28.1 Å². The van der Waals surface area contributed by atoms with E-state index in [-0.39, 0.29) is 43.9 Å². The number of carboxylic acids is 2. The Bertz CT molecular complexity index is 1530. The Morgan fingerprint density at radius 2 is 1.43 bits per heavy atom. The first-order valence-corrected chi connectivity index (χ1v) is 15.5. The zero-order valence-electron chi connectivity index (χ0n) is 27.0. The highest BCUT2D eigenvalue weighted by molar-refractivity contribution is 6.33. The van der Waals surface area contributed by atoms with Gasteiger partial charge in [0.15, 0.2) is 23.0 Å². The van der Waals surface area contributed by atoms with Gasteiger partial charge in [-0.1, -0.05) is 25.4 Å². The molecule has 0 fully saturated rings. The monoisotopic (exact) mass is 660 g/mol. The standard InChI is InChI=1S/C33H41ClN2O10/c1-17(32(39)40)10-26(37)35-14-21-12-24(43-5)25(13-22(21)15-35)45-8-7-9-46-31-29(34)28-20(4)36(27(38)11-18(2)33(41)42)16-23(28)19(3)30(31)44-6/h12-13,17-18,20H,7-11,14-16H2,1-6H3,(H,39,40)(H,41,42). The van der Waals surface area contributed by atoms with Gasteiger partial charge in [0.1, 0.15) is 0 Å². The number of hydrogen-bond acceptors (Lipinski definition) is 8. The summed E-state index contributed by atoms with van der Waals surface area (Å²) in [5, 5.41) is 18.8.